The fourth-order valence-electron chi connectivity index (χ4n) is 4.61. The normalized spacial score (nSPS) is 15.9. The van der Waals surface area contributed by atoms with Gasteiger partial charge in [-0.05, 0) is 65.9 Å². The standard InChI is InChI=1S/C28H31FN2O4/c1-4-25(28(33)30(3)18-23-10-7-15-34-23)35-22-12-11-19-13-14-31(26(32)5-2)27(24(19)17-22)20-8-6-9-21(29)16-20/h6-12,15-17,25,27H,4-5,13-14,18H2,1-3H3. The lowest BCUT2D eigenvalue weighted by Crippen LogP contribution is -2.40. The van der Waals surface area contributed by atoms with Crippen LogP contribution in [0.1, 0.15) is 55.2 Å². The van der Waals surface area contributed by atoms with Crippen molar-refractivity contribution >= 4 is 11.8 Å². The highest BCUT2D eigenvalue weighted by Gasteiger charge is 2.32. The van der Waals surface area contributed by atoms with Gasteiger partial charge in [0, 0.05) is 20.0 Å². The largest absolute Gasteiger partial charge is 0.481 e. The smallest absolute Gasteiger partial charge is 0.263 e. The summed E-state index contributed by atoms with van der Waals surface area (Å²) in [6, 6.07) is 15.3. The van der Waals surface area contributed by atoms with Crippen LogP contribution >= 0.6 is 0 Å². The van der Waals surface area contributed by atoms with Crippen molar-refractivity contribution in [1.29, 1.82) is 0 Å². The van der Waals surface area contributed by atoms with E-state index < -0.39 is 12.1 Å². The lowest BCUT2D eigenvalue weighted by molar-refractivity contribution is -0.138. The predicted molar refractivity (Wildman–Crippen MR) is 130 cm³/mol. The molecule has 0 fully saturated rings. The molecule has 0 saturated heterocycles. The van der Waals surface area contributed by atoms with Crippen LogP contribution in [0, 0.1) is 5.82 Å². The van der Waals surface area contributed by atoms with Gasteiger partial charge >= 0.3 is 0 Å². The van der Waals surface area contributed by atoms with Crippen molar-refractivity contribution in [2.45, 2.75) is 51.8 Å². The van der Waals surface area contributed by atoms with Gasteiger partial charge in [0.2, 0.25) is 5.91 Å². The molecular weight excluding hydrogens is 447 g/mol. The average Bonchev–Trinajstić information content (AvgIpc) is 3.38. The SMILES string of the molecule is CCC(=O)N1CCc2ccc(OC(CC)C(=O)N(C)Cc3ccco3)cc2C1c1cccc(F)c1. The van der Waals surface area contributed by atoms with Gasteiger partial charge in [-0.25, -0.2) is 4.39 Å². The van der Waals surface area contributed by atoms with E-state index in [1.165, 1.54) is 12.1 Å². The Labute approximate surface area is 205 Å². The van der Waals surface area contributed by atoms with Gasteiger partial charge in [0.25, 0.3) is 5.91 Å². The number of hydrogen-bond acceptors (Lipinski definition) is 4. The summed E-state index contributed by atoms with van der Waals surface area (Å²) in [6.45, 7) is 4.65. The van der Waals surface area contributed by atoms with E-state index in [0.717, 1.165) is 11.1 Å². The number of fused-ring (bicyclic) bond motifs is 1. The first kappa shape index (κ1) is 24.5. The summed E-state index contributed by atoms with van der Waals surface area (Å²) in [7, 11) is 1.72. The third-order valence-corrected chi connectivity index (χ3v) is 6.41. The Balaban J connectivity index is 1.62. The predicted octanol–water partition coefficient (Wildman–Crippen LogP) is 5.12. The van der Waals surface area contributed by atoms with Crippen LogP contribution in [0.4, 0.5) is 4.39 Å². The topological polar surface area (TPSA) is 63.0 Å². The van der Waals surface area contributed by atoms with E-state index >= 15 is 0 Å². The van der Waals surface area contributed by atoms with Crippen LogP contribution in [0.5, 0.6) is 5.75 Å². The molecule has 6 nitrogen and oxygen atoms in total. The Morgan fingerprint density at radius 1 is 1.17 bits per heavy atom. The molecule has 0 bridgehead atoms. The Hall–Kier alpha value is -3.61. The third-order valence-electron chi connectivity index (χ3n) is 6.41. The Bertz CT molecular complexity index is 1180. The number of halogens is 1. The Morgan fingerprint density at radius 3 is 2.69 bits per heavy atom. The molecule has 2 heterocycles. The van der Waals surface area contributed by atoms with E-state index in [0.29, 0.717) is 49.4 Å². The quantitative estimate of drug-likeness (QED) is 0.451. The number of likely N-dealkylation sites (N-methyl/N-ethyl adjacent to an activating group) is 1. The van der Waals surface area contributed by atoms with Crippen molar-refractivity contribution in [3.05, 3.63) is 89.1 Å². The molecule has 2 atom stereocenters. The average molecular weight is 479 g/mol. The lowest BCUT2D eigenvalue weighted by Gasteiger charge is -2.38. The fraction of sp³-hybridized carbons (Fsp3) is 0.357. The second-order valence-electron chi connectivity index (χ2n) is 8.80. The first-order chi connectivity index (χ1) is 16.9. The van der Waals surface area contributed by atoms with Crippen LogP contribution in [-0.4, -0.2) is 41.3 Å². The molecule has 0 aliphatic carbocycles. The summed E-state index contributed by atoms with van der Waals surface area (Å²) < 4.78 is 25.6. The number of carbonyl (C=O) groups is 2. The molecule has 1 aromatic heterocycles. The third kappa shape index (κ3) is 5.39. The van der Waals surface area contributed by atoms with Crippen molar-refractivity contribution in [1.82, 2.24) is 9.80 Å². The summed E-state index contributed by atoms with van der Waals surface area (Å²) in [5.74, 6) is 0.760. The minimum atomic E-state index is -0.669. The zero-order valence-corrected chi connectivity index (χ0v) is 20.4. The summed E-state index contributed by atoms with van der Waals surface area (Å²) in [5.41, 5.74) is 2.69. The van der Waals surface area contributed by atoms with Gasteiger partial charge in [-0.15, -0.1) is 0 Å². The molecule has 0 radical (unpaired) electrons. The molecule has 3 aromatic rings. The van der Waals surface area contributed by atoms with Gasteiger partial charge in [0.1, 0.15) is 17.3 Å². The Kier molecular flexibility index (Phi) is 7.54. The lowest BCUT2D eigenvalue weighted by atomic mass is 9.87. The zero-order chi connectivity index (χ0) is 24.9. The van der Waals surface area contributed by atoms with Crippen molar-refractivity contribution in [2.24, 2.45) is 0 Å². The molecule has 184 valence electrons. The second-order valence-corrected chi connectivity index (χ2v) is 8.80. The number of furan rings is 1. The molecule has 2 aromatic carbocycles. The van der Waals surface area contributed by atoms with Crippen LogP contribution in [0.25, 0.3) is 0 Å². The van der Waals surface area contributed by atoms with Crippen LogP contribution in [0.15, 0.2) is 65.3 Å². The van der Waals surface area contributed by atoms with E-state index in [4.69, 9.17) is 9.15 Å². The van der Waals surface area contributed by atoms with Gasteiger partial charge in [0.15, 0.2) is 6.10 Å². The van der Waals surface area contributed by atoms with Crippen LogP contribution < -0.4 is 4.74 Å². The second kappa shape index (κ2) is 10.8. The number of benzene rings is 2. The number of nitrogens with zero attached hydrogens (tertiary/aromatic N) is 2. The van der Waals surface area contributed by atoms with Crippen LogP contribution in [0.2, 0.25) is 0 Å². The molecule has 4 rings (SSSR count). The van der Waals surface area contributed by atoms with E-state index in [1.807, 2.05) is 44.2 Å². The fourth-order valence-corrected chi connectivity index (χ4v) is 4.61. The van der Waals surface area contributed by atoms with Gasteiger partial charge in [-0.3, -0.25) is 9.59 Å². The maximum Gasteiger partial charge on any atom is 0.263 e. The maximum absolute atomic E-state index is 14.1. The summed E-state index contributed by atoms with van der Waals surface area (Å²) in [6.07, 6.45) is 2.47. The van der Waals surface area contributed by atoms with Crippen LogP contribution in [0.3, 0.4) is 0 Å². The first-order valence-electron chi connectivity index (χ1n) is 12.0. The highest BCUT2D eigenvalue weighted by molar-refractivity contribution is 5.81. The molecule has 0 saturated carbocycles. The molecule has 7 heteroatoms. The highest BCUT2D eigenvalue weighted by atomic mass is 19.1. The highest BCUT2D eigenvalue weighted by Crippen LogP contribution is 2.38. The number of rotatable bonds is 8. The zero-order valence-electron chi connectivity index (χ0n) is 20.4. The van der Waals surface area contributed by atoms with Crippen molar-refractivity contribution in [2.75, 3.05) is 13.6 Å². The van der Waals surface area contributed by atoms with Crippen molar-refractivity contribution in [3.8, 4) is 5.75 Å². The van der Waals surface area contributed by atoms with Crippen LogP contribution in [-0.2, 0) is 22.6 Å². The maximum atomic E-state index is 14.1. The van der Waals surface area contributed by atoms with E-state index in [1.54, 1.807) is 35.2 Å². The van der Waals surface area contributed by atoms with Crippen molar-refractivity contribution < 1.29 is 23.1 Å². The molecule has 2 amide bonds. The van der Waals surface area contributed by atoms with Gasteiger partial charge in [-0.2, -0.15) is 0 Å². The molecule has 35 heavy (non-hydrogen) atoms. The molecule has 0 N–H and O–H groups in total. The summed E-state index contributed by atoms with van der Waals surface area (Å²) in [5, 5.41) is 0. The summed E-state index contributed by atoms with van der Waals surface area (Å²) in [4.78, 5) is 29.2. The molecule has 1 aliphatic heterocycles. The molecule has 1 aliphatic rings. The molecular formula is C28H31FN2O4. The van der Waals surface area contributed by atoms with Gasteiger partial charge in [0.05, 0.1) is 18.8 Å². The first-order valence-corrected chi connectivity index (χ1v) is 12.0. The monoisotopic (exact) mass is 478 g/mol. The van der Waals surface area contributed by atoms with E-state index in [-0.39, 0.29) is 17.6 Å². The minimum absolute atomic E-state index is 0.0115. The number of ether oxygens (including phenoxy) is 1. The van der Waals surface area contributed by atoms with Crippen molar-refractivity contribution in [3.63, 3.8) is 0 Å². The van der Waals surface area contributed by atoms with Gasteiger partial charge < -0.3 is 19.0 Å². The number of carbonyl (C=O) groups excluding carboxylic acids is 2. The van der Waals surface area contributed by atoms with Gasteiger partial charge in [-0.1, -0.05) is 32.0 Å². The van der Waals surface area contributed by atoms with E-state index in [2.05, 4.69) is 0 Å². The minimum Gasteiger partial charge on any atom is -0.481 e. The Morgan fingerprint density at radius 2 is 2.00 bits per heavy atom. The molecule has 2 unspecified atom stereocenters. The number of amides is 2. The van der Waals surface area contributed by atoms with E-state index in [9.17, 15) is 14.0 Å². The molecule has 0 spiro atoms. The summed E-state index contributed by atoms with van der Waals surface area (Å²) >= 11 is 0. The number of hydrogen-bond donors (Lipinski definition) is 0.